The van der Waals surface area contributed by atoms with Gasteiger partial charge in [0, 0.05) is 25.1 Å². The number of hydrogen-bond acceptors (Lipinski definition) is 13. The monoisotopic (exact) mass is 648 g/mol. The second-order valence-electron chi connectivity index (χ2n) is 11.4. The molecule has 252 valence electrons. The molecule has 5 rings (SSSR count). The van der Waals surface area contributed by atoms with Crippen molar-refractivity contribution in [1.82, 2.24) is 10.2 Å². The Morgan fingerprint density at radius 2 is 1.83 bits per heavy atom. The van der Waals surface area contributed by atoms with Crippen LogP contribution in [0.5, 0.6) is 0 Å². The smallest absolute Gasteiger partial charge is 0.338 e. The molecule has 0 spiro atoms. The van der Waals surface area contributed by atoms with Crippen molar-refractivity contribution >= 4 is 23.9 Å². The summed E-state index contributed by atoms with van der Waals surface area (Å²) in [4.78, 5) is 40.7. The maximum absolute atomic E-state index is 13.5. The minimum absolute atomic E-state index is 0.0150. The summed E-state index contributed by atoms with van der Waals surface area (Å²) in [7, 11) is 0. The Labute approximate surface area is 264 Å². The van der Waals surface area contributed by atoms with Crippen molar-refractivity contribution in [3.05, 3.63) is 53.1 Å². The molecule has 6 N–H and O–H groups in total. The van der Waals surface area contributed by atoms with Crippen LogP contribution >= 0.6 is 0 Å². The molecule has 9 atom stereocenters. The van der Waals surface area contributed by atoms with Gasteiger partial charge < -0.3 is 59.4 Å². The molecule has 3 fully saturated rings. The van der Waals surface area contributed by atoms with Gasteiger partial charge in [-0.15, -0.1) is 0 Å². The highest BCUT2D eigenvalue weighted by molar-refractivity contribution is 5.98. The van der Waals surface area contributed by atoms with Crippen LogP contribution in [0, 0.1) is 0 Å². The lowest BCUT2D eigenvalue weighted by Crippen LogP contribution is -2.59. The second kappa shape index (κ2) is 15.6. The van der Waals surface area contributed by atoms with E-state index in [1.807, 2.05) is 0 Å². The molecule has 3 heterocycles. The highest BCUT2D eigenvalue weighted by Crippen LogP contribution is 2.33. The Morgan fingerprint density at radius 3 is 2.57 bits per heavy atom. The second-order valence-corrected chi connectivity index (χ2v) is 11.4. The summed E-state index contributed by atoms with van der Waals surface area (Å²) in [6.45, 7) is -0.278. The molecule has 3 saturated heterocycles. The first-order chi connectivity index (χ1) is 22.2. The highest BCUT2D eigenvalue weighted by atomic mass is 16.7. The van der Waals surface area contributed by atoms with Crippen LogP contribution in [0.25, 0.3) is 6.08 Å². The molecule has 0 saturated carbocycles. The van der Waals surface area contributed by atoms with Crippen LogP contribution in [-0.2, 0) is 33.3 Å². The van der Waals surface area contributed by atoms with Gasteiger partial charge in [-0.2, -0.15) is 0 Å². The normalized spacial score (nSPS) is 32.7. The third-order valence-corrected chi connectivity index (χ3v) is 8.42. The van der Waals surface area contributed by atoms with E-state index >= 15 is 0 Å². The van der Waals surface area contributed by atoms with Gasteiger partial charge in [0.05, 0.1) is 25.4 Å². The van der Waals surface area contributed by atoms with E-state index in [0.29, 0.717) is 25.0 Å². The Balaban J connectivity index is 1.16. The zero-order valence-corrected chi connectivity index (χ0v) is 25.1. The van der Waals surface area contributed by atoms with E-state index in [0.717, 1.165) is 5.56 Å². The fraction of sp³-hybridized carbons (Fsp3) is 0.581. The maximum Gasteiger partial charge on any atom is 0.338 e. The number of carbonyl (C=O) groups is 3. The number of benzene rings is 1. The molecule has 0 aromatic heterocycles. The van der Waals surface area contributed by atoms with Gasteiger partial charge in [-0.3, -0.25) is 9.59 Å². The quantitative estimate of drug-likeness (QED) is 0.147. The SMILES string of the molecule is O=C(O[C@@H]1CC(C(=O)N2CCC[C@@H]2C(=O)NCCO)=C[C@H]2OCO[C@H]21)c1ccc(C=CCO[C@H]2O[C@H](CO)[C@H](O)[C@H](O)[C@H]2O)cc1. The van der Waals surface area contributed by atoms with E-state index in [1.54, 1.807) is 42.5 Å². The summed E-state index contributed by atoms with van der Waals surface area (Å²) in [5.41, 5.74) is 1.36. The lowest BCUT2D eigenvalue weighted by Gasteiger charge is -2.39. The minimum atomic E-state index is -1.53. The molecule has 0 unspecified atom stereocenters. The zero-order chi connectivity index (χ0) is 32.8. The molecule has 1 aliphatic carbocycles. The first kappa shape index (κ1) is 34.1. The molecule has 0 bridgehead atoms. The van der Waals surface area contributed by atoms with Crippen molar-refractivity contribution in [2.24, 2.45) is 0 Å². The van der Waals surface area contributed by atoms with E-state index in [9.17, 15) is 34.8 Å². The average molecular weight is 649 g/mol. The van der Waals surface area contributed by atoms with Crippen molar-refractivity contribution in [1.29, 1.82) is 0 Å². The number of hydrogen-bond donors (Lipinski definition) is 6. The van der Waals surface area contributed by atoms with Crippen molar-refractivity contribution in [3.63, 3.8) is 0 Å². The number of rotatable bonds is 11. The van der Waals surface area contributed by atoms with Gasteiger partial charge in [-0.05, 0) is 36.6 Å². The predicted molar refractivity (Wildman–Crippen MR) is 157 cm³/mol. The van der Waals surface area contributed by atoms with E-state index in [4.69, 9.17) is 28.8 Å². The Hall–Kier alpha value is -3.25. The summed E-state index contributed by atoms with van der Waals surface area (Å²) < 4.78 is 27.9. The zero-order valence-electron chi connectivity index (χ0n) is 25.1. The van der Waals surface area contributed by atoms with Crippen LogP contribution in [0.2, 0.25) is 0 Å². The summed E-state index contributed by atoms with van der Waals surface area (Å²) in [6, 6.07) is 5.88. The number of likely N-dealkylation sites (tertiary alicyclic amines) is 1. The van der Waals surface area contributed by atoms with E-state index < -0.39 is 67.6 Å². The van der Waals surface area contributed by atoms with Crippen molar-refractivity contribution in [2.75, 3.05) is 39.7 Å². The van der Waals surface area contributed by atoms with Gasteiger partial charge in [0.2, 0.25) is 11.8 Å². The van der Waals surface area contributed by atoms with Crippen LogP contribution in [0.15, 0.2) is 42.0 Å². The van der Waals surface area contributed by atoms with Crippen molar-refractivity contribution < 1.29 is 63.6 Å². The van der Waals surface area contributed by atoms with Gasteiger partial charge in [0.25, 0.3) is 0 Å². The van der Waals surface area contributed by atoms with E-state index in [-0.39, 0.29) is 50.4 Å². The molecule has 3 aliphatic heterocycles. The fourth-order valence-electron chi connectivity index (χ4n) is 5.95. The predicted octanol–water partition coefficient (Wildman–Crippen LogP) is -1.79. The highest BCUT2D eigenvalue weighted by Gasteiger charge is 2.45. The molecule has 46 heavy (non-hydrogen) atoms. The number of aliphatic hydroxyl groups excluding tert-OH is 5. The van der Waals surface area contributed by atoms with Crippen LogP contribution in [0.3, 0.4) is 0 Å². The molecular weight excluding hydrogens is 608 g/mol. The molecular formula is C31H40N2O13. The largest absolute Gasteiger partial charge is 0.456 e. The summed E-state index contributed by atoms with van der Waals surface area (Å²) in [5.74, 6) is -1.27. The number of carbonyl (C=O) groups excluding carboxylic acids is 3. The number of aliphatic hydroxyl groups is 5. The maximum atomic E-state index is 13.5. The minimum Gasteiger partial charge on any atom is -0.456 e. The van der Waals surface area contributed by atoms with Crippen molar-refractivity contribution in [3.8, 4) is 0 Å². The van der Waals surface area contributed by atoms with Gasteiger partial charge in [0.1, 0.15) is 55.6 Å². The average Bonchev–Trinajstić information content (AvgIpc) is 3.76. The van der Waals surface area contributed by atoms with Crippen molar-refractivity contribution in [2.45, 2.75) is 74.3 Å². The summed E-state index contributed by atoms with van der Waals surface area (Å²) in [6.07, 6.45) is -2.53. The van der Waals surface area contributed by atoms with Gasteiger partial charge in [-0.25, -0.2) is 4.79 Å². The number of esters is 1. The molecule has 1 aromatic rings. The van der Waals surface area contributed by atoms with E-state index in [2.05, 4.69) is 5.32 Å². The Morgan fingerprint density at radius 1 is 1.04 bits per heavy atom. The molecule has 2 amide bonds. The summed E-state index contributed by atoms with van der Waals surface area (Å²) in [5, 5.41) is 50.8. The lowest BCUT2D eigenvalue weighted by molar-refractivity contribution is -0.298. The first-order valence-corrected chi connectivity index (χ1v) is 15.2. The molecule has 1 aromatic carbocycles. The third kappa shape index (κ3) is 7.65. The lowest BCUT2D eigenvalue weighted by atomic mass is 9.91. The topological polar surface area (TPSA) is 214 Å². The van der Waals surface area contributed by atoms with Crippen LogP contribution < -0.4 is 5.32 Å². The number of nitrogens with zero attached hydrogens (tertiary/aromatic N) is 1. The number of fused-ring (bicyclic) bond motifs is 1. The molecule has 0 radical (unpaired) electrons. The van der Waals surface area contributed by atoms with Crippen LogP contribution in [0.1, 0.15) is 35.2 Å². The number of ether oxygens (including phenoxy) is 5. The standard InChI is InChI=1S/C31H40N2O13/c34-11-9-32-28(39)20-4-1-10-33(20)29(40)19-13-21-27(44-16-43-21)22(14-19)45-30(41)18-7-5-17(6-8-18)3-2-12-42-31-26(38)25(37)24(36)23(15-35)46-31/h2-3,5-8,13,20-27,31,34-38H,1,4,9-12,14-16H2,(H,32,39)/t20-,21-,22-,23-,24+,25+,26-,27-,31+/m1/s1. The molecule has 4 aliphatic rings. The molecule has 15 nitrogen and oxygen atoms in total. The van der Waals surface area contributed by atoms with Crippen LogP contribution in [-0.4, -0.2) is 143 Å². The van der Waals surface area contributed by atoms with E-state index in [1.165, 1.54) is 4.90 Å². The van der Waals surface area contributed by atoms with Gasteiger partial charge in [-0.1, -0.05) is 24.3 Å². The first-order valence-electron chi connectivity index (χ1n) is 15.2. The van der Waals surface area contributed by atoms with Crippen LogP contribution in [0.4, 0.5) is 0 Å². The molecule has 15 heteroatoms. The third-order valence-electron chi connectivity index (χ3n) is 8.42. The number of amides is 2. The summed E-state index contributed by atoms with van der Waals surface area (Å²) >= 11 is 0. The van der Waals surface area contributed by atoms with Gasteiger partial charge in [0.15, 0.2) is 6.29 Å². The Bertz CT molecular complexity index is 1290. The fourth-order valence-corrected chi connectivity index (χ4v) is 5.95. The Kier molecular flexibility index (Phi) is 11.5. The van der Waals surface area contributed by atoms with Gasteiger partial charge >= 0.3 is 5.97 Å². The number of nitrogens with one attached hydrogen (secondary N) is 1.